The molecule has 0 aromatic heterocycles. The molecule has 0 aromatic carbocycles. The lowest BCUT2D eigenvalue weighted by molar-refractivity contribution is -0.123. The fourth-order valence-electron chi connectivity index (χ4n) is 4.04. The molecule has 1 amide bonds. The van der Waals surface area contributed by atoms with Gasteiger partial charge in [-0.1, -0.05) is 39.0 Å². The van der Waals surface area contributed by atoms with Crippen LogP contribution in [0.1, 0.15) is 64.7 Å². The largest absolute Gasteiger partial charge is 0.396 e. The Labute approximate surface area is 135 Å². The number of likely N-dealkylation sites (tertiary alicyclic amines) is 1. The Hall–Kier alpha value is -0.610. The summed E-state index contributed by atoms with van der Waals surface area (Å²) in [6.45, 7) is 5.44. The van der Waals surface area contributed by atoms with Crippen LogP contribution in [-0.4, -0.2) is 48.7 Å². The van der Waals surface area contributed by atoms with Crippen molar-refractivity contribution in [1.82, 2.24) is 10.2 Å². The third-order valence-electron chi connectivity index (χ3n) is 5.44. The number of nitrogens with one attached hydrogen (secondary N) is 1. The zero-order valence-electron chi connectivity index (χ0n) is 14.3. The third kappa shape index (κ3) is 5.88. The predicted molar refractivity (Wildman–Crippen MR) is 89.7 cm³/mol. The molecule has 2 aliphatic rings. The van der Waals surface area contributed by atoms with Crippen LogP contribution >= 0.6 is 0 Å². The van der Waals surface area contributed by atoms with Crippen LogP contribution in [0.3, 0.4) is 0 Å². The number of rotatable bonds is 7. The molecule has 2 rings (SSSR count). The normalized spacial score (nSPS) is 27.7. The molecule has 2 fully saturated rings. The lowest BCUT2D eigenvalue weighted by atomic mass is 9.83. The van der Waals surface area contributed by atoms with Gasteiger partial charge in [0.15, 0.2) is 0 Å². The topological polar surface area (TPSA) is 52.6 Å². The van der Waals surface area contributed by atoms with Gasteiger partial charge in [0.1, 0.15) is 0 Å². The Kier molecular flexibility index (Phi) is 7.16. The highest BCUT2D eigenvalue weighted by molar-refractivity contribution is 5.77. The molecule has 0 bridgehead atoms. The molecule has 0 radical (unpaired) electrons. The Balaban J connectivity index is 1.57. The Bertz CT molecular complexity index is 342. The molecule has 1 aliphatic heterocycles. The summed E-state index contributed by atoms with van der Waals surface area (Å²) in [5.74, 6) is 1.05. The average molecular weight is 310 g/mol. The Morgan fingerprint density at radius 3 is 2.77 bits per heavy atom. The summed E-state index contributed by atoms with van der Waals surface area (Å²) in [6.07, 6.45) is 11.5. The van der Waals surface area contributed by atoms with Crippen LogP contribution in [0.25, 0.3) is 0 Å². The second-order valence-electron chi connectivity index (χ2n) is 7.78. The number of nitrogens with zero attached hydrogens (tertiary/aromatic N) is 1. The summed E-state index contributed by atoms with van der Waals surface area (Å²) < 4.78 is 0. The van der Waals surface area contributed by atoms with Gasteiger partial charge in [-0.05, 0) is 38.1 Å². The highest BCUT2D eigenvalue weighted by atomic mass is 16.3. The minimum absolute atomic E-state index is 0.0283. The van der Waals surface area contributed by atoms with Crippen molar-refractivity contribution in [3.8, 4) is 0 Å². The van der Waals surface area contributed by atoms with Gasteiger partial charge in [-0.25, -0.2) is 0 Å². The fourth-order valence-corrected chi connectivity index (χ4v) is 4.04. The number of aliphatic hydroxyl groups is 1. The molecule has 1 saturated heterocycles. The van der Waals surface area contributed by atoms with Crippen LogP contribution in [0.4, 0.5) is 0 Å². The van der Waals surface area contributed by atoms with Crippen LogP contribution in [0.2, 0.25) is 0 Å². The summed E-state index contributed by atoms with van der Waals surface area (Å²) in [6, 6.07) is 0. The van der Waals surface area contributed by atoms with E-state index in [4.69, 9.17) is 0 Å². The lowest BCUT2D eigenvalue weighted by Crippen LogP contribution is -2.47. The molecule has 1 aliphatic carbocycles. The van der Waals surface area contributed by atoms with Gasteiger partial charge in [0.2, 0.25) is 5.91 Å². The predicted octanol–water partition coefficient (Wildman–Crippen LogP) is 2.56. The second kappa shape index (κ2) is 8.88. The van der Waals surface area contributed by atoms with Gasteiger partial charge < -0.3 is 10.4 Å². The van der Waals surface area contributed by atoms with Crippen LogP contribution in [0.15, 0.2) is 0 Å². The number of carbonyl (C=O) groups excluding carboxylic acids is 1. The minimum atomic E-state index is -0.0283. The summed E-state index contributed by atoms with van der Waals surface area (Å²) >= 11 is 0. The van der Waals surface area contributed by atoms with E-state index < -0.39 is 0 Å². The van der Waals surface area contributed by atoms with Crippen LogP contribution in [0.5, 0.6) is 0 Å². The van der Waals surface area contributed by atoms with E-state index in [-0.39, 0.29) is 17.9 Å². The van der Waals surface area contributed by atoms with Crippen molar-refractivity contribution < 1.29 is 9.90 Å². The highest BCUT2D eigenvalue weighted by Gasteiger charge is 2.30. The first-order valence-electron chi connectivity index (χ1n) is 9.21. The van der Waals surface area contributed by atoms with Crippen molar-refractivity contribution in [3.63, 3.8) is 0 Å². The van der Waals surface area contributed by atoms with Gasteiger partial charge in [-0.3, -0.25) is 9.69 Å². The number of hydrogen-bond acceptors (Lipinski definition) is 3. The van der Waals surface area contributed by atoms with Crippen molar-refractivity contribution in [3.05, 3.63) is 0 Å². The zero-order chi connectivity index (χ0) is 15.8. The number of carbonyl (C=O) groups is 1. The van der Waals surface area contributed by atoms with Gasteiger partial charge in [0.05, 0.1) is 6.54 Å². The number of piperidine rings is 1. The van der Waals surface area contributed by atoms with Crippen LogP contribution < -0.4 is 5.32 Å². The smallest absolute Gasteiger partial charge is 0.234 e. The molecule has 4 heteroatoms. The first kappa shape index (κ1) is 17.7. The maximum absolute atomic E-state index is 12.0. The Morgan fingerprint density at radius 1 is 1.27 bits per heavy atom. The van der Waals surface area contributed by atoms with E-state index in [0.29, 0.717) is 6.54 Å². The van der Waals surface area contributed by atoms with E-state index in [2.05, 4.69) is 17.1 Å². The van der Waals surface area contributed by atoms with E-state index in [9.17, 15) is 9.90 Å². The minimum Gasteiger partial charge on any atom is -0.396 e. The fraction of sp³-hybridized carbons (Fsp3) is 0.944. The van der Waals surface area contributed by atoms with Gasteiger partial charge in [0, 0.05) is 25.1 Å². The maximum Gasteiger partial charge on any atom is 0.234 e. The van der Waals surface area contributed by atoms with E-state index in [1.165, 1.54) is 38.5 Å². The Morgan fingerprint density at radius 2 is 2.05 bits per heavy atom. The average Bonchev–Trinajstić information content (AvgIpc) is 2.53. The molecule has 22 heavy (non-hydrogen) atoms. The summed E-state index contributed by atoms with van der Waals surface area (Å²) in [5, 5.41) is 12.5. The van der Waals surface area contributed by atoms with Crippen molar-refractivity contribution in [2.45, 2.75) is 64.7 Å². The first-order valence-corrected chi connectivity index (χ1v) is 9.21. The summed E-state index contributed by atoms with van der Waals surface area (Å²) in [7, 11) is 0. The third-order valence-corrected chi connectivity index (χ3v) is 5.44. The van der Waals surface area contributed by atoms with Crippen molar-refractivity contribution in [2.24, 2.45) is 11.3 Å². The van der Waals surface area contributed by atoms with E-state index in [1.807, 2.05) is 0 Å². The SMILES string of the molecule is CC1(CO)CCCN(CC(=O)NCCCC2CCCCC2)C1. The molecule has 1 atom stereocenters. The quantitative estimate of drug-likeness (QED) is 0.711. The van der Waals surface area contributed by atoms with Crippen LogP contribution in [-0.2, 0) is 4.79 Å². The molecular weight excluding hydrogens is 276 g/mol. The standard InChI is InChI=1S/C18H34N2O2/c1-18(15-21)10-6-12-20(14-18)13-17(22)19-11-5-9-16-7-3-2-4-8-16/h16,21H,2-15H2,1H3,(H,19,22). The monoisotopic (exact) mass is 310 g/mol. The van der Waals surface area contributed by atoms with E-state index in [0.717, 1.165) is 44.8 Å². The molecule has 128 valence electrons. The van der Waals surface area contributed by atoms with E-state index in [1.54, 1.807) is 0 Å². The number of hydrogen-bond donors (Lipinski definition) is 2. The van der Waals surface area contributed by atoms with E-state index >= 15 is 0 Å². The van der Waals surface area contributed by atoms with Crippen LogP contribution in [0, 0.1) is 11.3 Å². The van der Waals surface area contributed by atoms with Crippen molar-refractivity contribution >= 4 is 5.91 Å². The van der Waals surface area contributed by atoms with Gasteiger partial charge in [-0.15, -0.1) is 0 Å². The van der Waals surface area contributed by atoms with Gasteiger partial charge in [0.25, 0.3) is 0 Å². The zero-order valence-corrected chi connectivity index (χ0v) is 14.3. The first-order chi connectivity index (χ1) is 10.6. The molecule has 1 saturated carbocycles. The molecule has 0 aromatic rings. The highest BCUT2D eigenvalue weighted by Crippen LogP contribution is 2.28. The second-order valence-corrected chi connectivity index (χ2v) is 7.78. The molecular formula is C18H34N2O2. The molecule has 1 unspecified atom stereocenters. The van der Waals surface area contributed by atoms with Crippen molar-refractivity contribution in [1.29, 1.82) is 0 Å². The molecule has 1 heterocycles. The molecule has 4 nitrogen and oxygen atoms in total. The number of aliphatic hydroxyl groups excluding tert-OH is 1. The van der Waals surface area contributed by atoms with Gasteiger partial charge >= 0.3 is 0 Å². The maximum atomic E-state index is 12.0. The van der Waals surface area contributed by atoms with Gasteiger partial charge in [-0.2, -0.15) is 0 Å². The molecule has 0 spiro atoms. The number of amides is 1. The van der Waals surface area contributed by atoms with Crippen molar-refractivity contribution in [2.75, 3.05) is 32.8 Å². The lowest BCUT2D eigenvalue weighted by Gasteiger charge is -2.38. The molecule has 2 N–H and O–H groups in total. The summed E-state index contributed by atoms with van der Waals surface area (Å²) in [5.41, 5.74) is -0.0283. The summed E-state index contributed by atoms with van der Waals surface area (Å²) in [4.78, 5) is 14.2.